The van der Waals surface area contributed by atoms with E-state index in [2.05, 4.69) is 4.74 Å². The number of alkyl halides is 2. The normalized spacial score (nSPS) is 10.5. The number of hydrogen-bond donors (Lipinski definition) is 1. The van der Waals surface area contributed by atoms with Crippen LogP contribution in [0.3, 0.4) is 0 Å². The molecule has 0 bridgehead atoms. The van der Waals surface area contributed by atoms with Gasteiger partial charge in [-0.1, -0.05) is 0 Å². The molecule has 0 amide bonds. The first-order valence-corrected chi connectivity index (χ1v) is 3.31. The molecule has 3 nitrogen and oxygen atoms in total. The van der Waals surface area contributed by atoms with E-state index in [1.54, 1.807) is 4.98 Å². The fourth-order valence-corrected chi connectivity index (χ4v) is 0.812. The number of aromatic amines is 1. The summed E-state index contributed by atoms with van der Waals surface area (Å²) in [5.74, 6) is -1.52. The van der Waals surface area contributed by atoms with Crippen LogP contribution in [0.5, 0.6) is 5.75 Å². The van der Waals surface area contributed by atoms with Crippen molar-refractivity contribution >= 4 is 0 Å². The molecule has 0 aromatic carbocycles. The van der Waals surface area contributed by atoms with Crippen molar-refractivity contribution in [3.05, 3.63) is 27.9 Å². The average molecular weight is 193 g/mol. The molecule has 0 aliphatic rings. The van der Waals surface area contributed by atoms with E-state index in [0.717, 1.165) is 7.11 Å². The van der Waals surface area contributed by atoms with Crippen LogP contribution in [0.4, 0.5) is 13.2 Å². The van der Waals surface area contributed by atoms with Crippen LogP contribution in [0.15, 0.2) is 10.9 Å². The molecular formula is C7H6F3NO2. The van der Waals surface area contributed by atoms with Gasteiger partial charge in [-0.25, -0.2) is 13.2 Å². The van der Waals surface area contributed by atoms with Crippen LogP contribution in [-0.4, -0.2) is 12.1 Å². The summed E-state index contributed by atoms with van der Waals surface area (Å²) in [5.41, 5.74) is -1.90. The Morgan fingerprint density at radius 3 is 2.62 bits per heavy atom. The topological polar surface area (TPSA) is 42.1 Å². The van der Waals surface area contributed by atoms with Gasteiger partial charge in [-0.3, -0.25) is 4.79 Å². The van der Waals surface area contributed by atoms with E-state index in [1.807, 2.05) is 0 Å². The van der Waals surface area contributed by atoms with Gasteiger partial charge < -0.3 is 9.72 Å². The van der Waals surface area contributed by atoms with E-state index in [-0.39, 0.29) is 5.75 Å². The maximum absolute atomic E-state index is 12.7. The van der Waals surface area contributed by atoms with Crippen LogP contribution >= 0.6 is 0 Å². The molecule has 0 saturated carbocycles. The Kier molecular flexibility index (Phi) is 2.60. The minimum atomic E-state index is -3.04. The number of methoxy groups -OCH3 is 1. The molecule has 0 saturated heterocycles. The highest BCUT2D eigenvalue weighted by atomic mass is 19.3. The molecule has 1 heterocycles. The first kappa shape index (κ1) is 9.63. The zero-order chi connectivity index (χ0) is 10.0. The SMILES string of the molecule is COc1cc(F)c(C(F)F)[nH]c1=O. The van der Waals surface area contributed by atoms with E-state index in [0.29, 0.717) is 6.07 Å². The highest BCUT2D eigenvalue weighted by molar-refractivity contribution is 5.22. The third kappa shape index (κ3) is 1.82. The predicted octanol–water partition coefficient (Wildman–Crippen LogP) is 1.46. The van der Waals surface area contributed by atoms with Crippen LogP contribution in [0.1, 0.15) is 12.1 Å². The van der Waals surface area contributed by atoms with Gasteiger partial charge in [-0.05, 0) is 0 Å². The van der Waals surface area contributed by atoms with Crippen molar-refractivity contribution in [2.24, 2.45) is 0 Å². The van der Waals surface area contributed by atoms with Crippen molar-refractivity contribution in [1.29, 1.82) is 0 Å². The second kappa shape index (κ2) is 3.51. The van der Waals surface area contributed by atoms with Gasteiger partial charge in [0.15, 0.2) is 11.6 Å². The van der Waals surface area contributed by atoms with Crippen molar-refractivity contribution in [2.75, 3.05) is 7.11 Å². The van der Waals surface area contributed by atoms with Gasteiger partial charge >= 0.3 is 0 Å². The van der Waals surface area contributed by atoms with E-state index >= 15 is 0 Å². The van der Waals surface area contributed by atoms with Crippen LogP contribution in [-0.2, 0) is 0 Å². The molecule has 13 heavy (non-hydrogen) atoms. The van der Waals surface area contributed by atoms with Crippen LogP contribution in [0, 0.1) is 5.82 Å². The smallest absolute Gasteiger partial charge is 0.290 e. The van der Waals surface area contributed by atoms with Gasteiger partial charge in [0.2, 0.25) is 0 Å². The standard InChI is InChI=1S/C7H6F3NO2/c1-13-4-2-3(8)5(6(9)10)11-7(4)12/h2,6H,1H3,(H,11,12). The highest BCUT2D eigenvalue weighted by Gasteiger charge is 2.16. The minimum Gasteiger partial charge on any atom is -0.491 e. The Morgan fingerprint density at radius 1 is 1.54 bits per heavy atom. The van der Waals surface area contributed by atoms with Gasteiger partial charge in [-0.15, -0.1) is 0 Å². The van der Waals surface area contributed by atoms with E-state index < -0.39 is 23.5 Å². The number of aromatic nitrogens is 1. The summed E-state index contributed by atoms with van der Waals surface area (Å²) in [6.07, 6.45) is -3.04. The summed E-state index contributed by atoms with van der Waals surface area (Å²) < 4.78 is 41.2. The molecule has 0 atom stereocenters. The second-order valence-electron chi connectivity index (χ2n) is 2.23. The van der Waals surface area contributed by atoms with Crippen molar-refractivity contribution in [1.82, 2.24) is 4.98 Å². The molecule has 0 aliphatic carbocycles. The monoisotopic (exact) mass is 193 g/mol. The molecule has 1 rings (SSSR count). The van der Waals surface area contributed by atoms with Gasteiger partial charge in [0.05, 0.1) is 7.11 Å². The molecule has 1 aromatic rings. The third-order valence-corrected chi connectivity index (χ3v) is 1.43. The lowest BCUT2D eigenvalue weighted by Crippen LogP contribution is -2.13. The van der Waals surface area contributed by atoms with Crippen molar-refractivity contribution in [3.63, 3.8) is 0 Å². The Labute approximate surface area is 71.2 Å². The van der Waals surface area contributed by atoms with Crippen molar-refractivity contribution < 1.29 is 17.9 Å². The van der Waals surface area contributed by atoms with E-state index in [9.17, 15) is 18.0 Å². The summed E-state index contributed by atoms with van der Waals surface area (Å²) in [5, 5.41) is 0. The summed E-state index contributed by atoms with van der Waals surface area (Å²) in [6, 6.07) is 0.625. The zero-order valence-electron chi connectivity index (χ0n) is 6.61. The molecule has 0 spiro atoms. The van der Waals surface area contributed by atoms with Crippen LogP contribution < -0.4 is 10.3 Å². The summed E-state index contributed by atoms with van der Waals surface area (Å²) in [6.45, 7) is 0. The lowest BCUT2D eigenvalue weighted by Gasteiger charge is -2.03. The number of nitrogens with one attached hydrogen (secondary N) is 1. The lowest BCUT2D eigenvalue weighted by molar-refractivity contribution is 0.140. The quantitative estimate of drug-likeness (QED) is 0.772. The van der Waals surface area contributed by atoms with Crippen LogP contribution in [0.25, 0.3) is 0 Å². The number of H-pyrrole nitrogens is 1. The first-order chi connectivity index (χ1) is 6.06. The predicted molar refractivity (Wildman–Crippen MR) is 38.5 cm³/mol. The van der Waals surface area contributed by atoms with Crippen molar-refractivity contribution in [2.45, 2.75) is 6.43 Å². The van der Waals surface area contributed by atoms with Gasteiger partial charge in [0, 0.05) is 6.07 Å². The average Bonchev–Trinajstić information content (AvgIpc) is 2.07. The largest absolute Gasteiger partial charge is 0.491 e. The molecule has 0 radical (unpaired) electrons. The van der Waals surface area contributed by atoms with E-state index in [1.165, 1.54) is 0 Å². The van der Waals surface area contributed by atoms with E-state index in [4.69, 9.17) is 0 Å². The summed E-state index contributed by atoms with van der Waals surface area (Å²) in [7, 11) is 1.14. The number of hydrogen-bond acceptors (Lipinski definition) is 2. The highest BCUT2D eigenvalue weighted by Crippen LogP contribution is 2.19. The Morgan fingerprint density at radius 2 is 2.15 bits per heavy atom. The molecule has 72 valence electrons. The second-order valence-corrected chi connectivity index (χ2v) is 2.23. The molecule has 1 N–H and O–H groups in total. The number of pyridine rings is 1. The van der Waals surface area contributed by atoms with Gasteiger partial charge in [0.25, 0.3) is 12.0 Å². The Hall–Kier alpha value is -1.46. The Balaban J connectivity index is 3.29. The summed E-state index contributed by atoms with van der Waals surface area (Å²) >= 11 is 0. The number of ether oxygens (including phenoxy) is 1. The fourth-order valence-electron chi connectivity index (χ4n) is 0.812. The molecular weight excluding hydrogens is 187 g/mol. The maximum atomic E-state index is 12.7. The Bertz CT molecular complexity index is 361. The minimum absolute atomic E-state index is 0.332. The van der Waals surface area contributed by atoms with Crippen LogP contribution in [0.2, 0.25) is 0 Å². The number of halogens is 3. The maximum Gasteiger partial charge on any atom is 0.290 e. The molecule has 1 aromatic heterocycles. The molecule has 0 aliphatic heterocycles. The zero-order valence-corrected chi connectivity index (χ0v) is 6.61. The molecule has 6 heteroatoms. The van der Waals surface area contributed by atoms with Gasteiger partial charge in [-0.2, -0.15) is 0 Å². The molecule has 0 fully saturated rings. The third-order valence-electron chi connectivity index (χ3n) is 1.43. The fraction of sp³-hybridized carbons (Fsp3) is 0.286. The molecule has 0 unspecified atom stereocenters. The van der Waals surface area contributed by atoms with Gasteiger partial charge in [0.1, 0.15) is 5.69 Å². The van der Waals surface area contributed by atoms with Crippen molar-refractivity contribution in [3.8, 4) is 5.75 Å². The summed E-state index contributed by atoms with van der Waals surface area (Å²) in [4.78, 5) is 12.5. The first-order valence-electron chi connectivity index (χ1n) is 3.31. The lowest BCUT2D eigenvalue weighted by atomic mass is 10.3. The number of rotatable bonds is 2.